The molecule has 6 aromatic carbocycles. The van der Waals surface area contributed by atoms with Crippen molar-refractivity contribution in [2.45, 2.75) is 0 Å². The molecule has 0 aliphatic heterocycles. The van der Waals surface area contributed by atoms with Crippen LogP contribution in [0.15, 0.2) is 156 Å². The number of rotatable bonds is 4. The first-order valence-corrected chi connectivity index (χ1v) is 15.6. The fraction of sp³-hybridized carbons (Fsp3) is 0. The molecule has 0 bridgehead atoms. The third-order valence-electron chi connectivity index (χ3n) is 8.60. The molecule has 0 N–H and O–H groups in total. The second-order valence-electron chi connectivity index (χ2n) is 11.2. The topological polar surface area (TPSA) is 26.0 Å². The minimum absolute atomic E-state index is 0.813. The van der Waals surface area contributed by atoms with Crippen LogP contribution in [0.2, 0.25) is 0 Å². The van der Waals surface area contributed by atoms with Crippen LogP contribution in [0.4, 0.5) is 0 Å². The predicted molar refractivity (Wildman–Crippen MR) is 186 cm³/mol. The van der Waals surface area contributed by atoms with E-state index in [1.165, 1.54) is 53.6 Å². The average Bonchev–Trinajstić information content (AvgIpc) is 3.67. The first kappa shape index (κ1) is 25.0. The van der Waals surface area contributed by atoms with Crippen molar-refractivity contribution >= 4 is 53.4 Å². The third kappa shape index (κ3) is 4.05. The highest BCUT2D eigenvalue weighted by molar-refractivity contribution is 7.26. The van der Waals surface area contributed by atoms with Gasteiger partial charge in [-0.3, -0.25) is 4.98 Å². The lowest BCUT2D eigenvalue weighted by Crippen LogP contribution is -1.84. The Balaban J connectivity index is 1.07. The molecular weight excluding hydrogens is 555 g/mol. The number of hydrogen-bond donors (Lipinski definition) is 0. The van der Waals surface area contributed by atoms with E-state index in [-0.39, 0.29) is 0 Å². The van der Waals surface area contributed by atoms with Crippen molar-refractivity contribution in [3.63, 3.8) is 0 Å². The second kappa shape index (κ2) is 10.0. The Hall–Kier alpha value is -5.51. The Morgan fingerprint density at radius 3 is 1.93 bits per heavy atom. The van der Waals surface area contributed by atoms with Gasteiger partial charge in [-0.05, 0) is 63.2 Å². The molecule has 3 heterocycles. The summed E-state index contributed by atoms with van der Waals surface area (Å²) in [6.45, 7) is 0. The molecule has 3 heteroatoms. The smallest absolute Gasteiger partial charge is 0.153 e. The van der Waals surface area contributed by atoms with E-state index >= 15 is 0 Å². The van der Waals surface area contributed by atoms with Gasteiger partial charge in [0.1, 0.15) is 5.58 Å². The van der Waals surface area contributed by atoms with Crippen LogP contribution in [0.1, 0.15) is 0 Å². The van der Waals surface area contributed by atoms with Crippen LogP contribution in [-0.4, -0.2) is 4.98 Å². The minimum Gasteiger partial charge on any atom is -0.454 e. The van der Waals surface area contributed by atoms with Crippen LogP contribution >= 0.6 is 11.3 Å². The molecule has 0 radical (unpaired) electrons. The first-order valence-electron chi connectivity index (χ1n) is 14.8. The van der Waals surface area contributed by atoms with E-state index in [0.29, 0.717) is 0 Å². The number of thiophene rings is 1. The van der Waals surface area contributed by atoms with Crippen molar-refractivity contribution in [1.29, 1.82) is 0 Å². The molecule has 0 saturated carbocycles. The van der Waals surface area contributed by atoms with Crippen LogP contribution in [-0.2, 0) is 0 Å². The molecule has 0 amide bonds. The quantitative estimate of drug-likeness (QED) is 0.207. The van der Waals surface area contributed by atoms with Crippen LogP contribution in [0, 0.1) is 0 Å². The number of hydrogen-bond acceptors (Lipinski definition) is 3. The molecule has 0 unspecified atom stereocenters. The van der Waals surface area contributed by atoms with Gasteiger partial charge in [0.25, 0.3) is 0 Å². The summed E-state index contributed by atoms with van der Waals surface area (Å²) in [6.07, 6.45) is 3.60. The van der Waals surface area contributed by atoms with Gasteiger partial charge in [0.15, 0.2) is 5.58 Å². The number of aromatic nitrogens is 1. The molecule has 3 aromatic heterocycles. The summed E-state index contributed by atoms with van der Waals surface area (Å²) >= 11 is 1.88. The zero-order chi connectivity index (χ0) is 29.0. The molecule has 0 aliphatic rings. The lowest BCUT2D eigenvalue weighted by atomic mass is 9.95. The second-order valence-corrected chi connectivity index (χ2v) is 12.2. The van der Waals surface area contributed by atoms with Crippen LogP contribution < -0.4 is 0 Å². The Morgan fingerprint density at radius 2 is 1.09 bits per heavy atom. The van der Waals surface area contributed by atoms with Gasteiger partial charge in [-0.15, -0.1) is 11.3 Å². The van der Waals surface area contributed by atoms with E-state index in [1.54, 1.807) is 6.20 Å². The molecule has 9 rings (SSSR count). The van der Waals surface area contributed by atoms with Crippen LogP contribution in [0.5, 0.6) is 0 Å². The summed E-state index contributed by atoms with van der Waals surface area (Å²) in [6, 6.07) is 50.3. The van der Waals surface area contributed by atoms with E-state index in [0.717, 1.165) is 33.1 Å². The predicted octanol–water partition coefficient (Wildman–Crippen LogP) is 12.0. The van der Waals surface area contributed by atoms with E-state index < -0.39 is 0 Å². The molecule has 2 nitrogen and oxygen atoms in total. The van der Waals surface area contributed by atoms with Gasteiger partial charge in [-0.2, -0.15) is 0 Å². The summed E-state index contributed by atoms with van der Waals surface area (Å²) in [5.74, 6) is 0. The molecule has 0 aliphatic carbocycles. The fourth-order valence-corrected chi connectivity index (χ4v) is 7.68. The summed E-state index contributed by atoms with van der Waals surface area (Å²) in [5, 5.41) is 4.86. The Bertz CT molecular complexity index is 2500. The van der Waals surface area contributed by atoms with Crippen molar-refractivity contribution in [1.82, 2.24) is 4.98 Å². The summed E-state index contributed by atoms with van der Waals surface area (Å²) in [5.41, 5.74) is 11.3. The molecule has 0 fully saturated rings. The maximum Gasteiger partial charge on any atom is 0.153 e. The maximum absolute atomic E-state index is 6.24. The van der Waals surface area contributed by atoms with Crippen LogP contribution in [0.25, 0.3) is 86.6 Å². The summed E-state index contributed by atoms with van der Waals surface area (Å²) in [7, 11) is 0. The molecule has 9 aromatic rings. The Kier molecular flexibility index (Phi) is 5.71. The van der Waals surface area contributed by atoms with E-state index in [2.05, 4.69) is 138 Å². The monoisotopic (exact) mass is 579 g/mol. The van der Waals surface area contributed by atoms with Crippen molar-refractivity contribution in [3.05, 3.63) is 152 Å². The lowest BCUT2D eigenvalue weighted by molar-refractivity contribution is 0.668. The normalized spacial score (nSPS) is 11.6. The van der Waals surface area contributed by atoms with Crippen LogP contribution in [0.3, 0.4) is 0 Å². The van der Waals surface area contributed by atoms with E-state index in [1.807, 2.05) is 23.6 Å². The summed E-state index contributed by atoms with van der Waals surface area (Å²) in [4.78, 5) is 4.23. The lowest BCUT2D eigenvalue weighted by Gasteiger charge is -2.10. The zero-order valence-corrected chi connectivity index (χ0v) is 24.5. The summed E-state index contributed by atoms with van der Waals surface area (Å²) < 4.78 is 8.91. The number of pyridine rings is 1. The number of fused-ring (bicyclic) bond motifs is 6. The molecule has 0 spiro atoms. The van der Waals surface area contributed by atoms with Crippen molar-refractivity contribution in [3.8, 4) is 44.5 Å². The highest BCUT2D eigenvalue weighted by atomic mass is 32.1. The molecule has 206 valence electrons. The number of benzene rings is 6. The van der Waals surface area contributed by atoms with E-state index in [9.17, 15) is 0 Å². The first-order chi connectivity index (χ1) is 21.8. The Morgan fingerprint density at radius 1 is 0.455 bits per heavy atom. The van der Waals surface area contributed by atoms with E-state index in [4.69, 9.17) is 4.42 Å². The maximum atomic E-state index is 6.24. The number of furan rings is 1. The number of nitrogens with zero attached hydrogens (tertiary/aromatic N) is 1. The van der Waals surface area contributed by atoms with Crippen molar-refractivity contribution in [2.24, 2.45) is 0 Å². The molecule has 0 atom stereocenters. The SMILES string of the molecule is c1cc(-c2ccc(-c3cccc4c3oc3cnccc34)cc2)cc(-c2cccc(-c3cccc4c3sc3ccccc34)c2)c1. The van der Waals surface area contributed by atoms with Crippen molar-refractivity contribution in [2.75, 3.05) is 0 Å². The molecular formula is C41H25NOS. The van der Waals surface area contributed by atoms with Gasteiger partial charge < -0.3 is 4.42 Å². The van der Waals surface area contributed by atoms with Gasteiger partial charge in [-0.1, -0.05) is 115 Å². The van der Waals surface area contributed by atoms with Gasteiger partial charge in [0, 0.05) is 42.7 Å². The fourth-order valence-electron chi connectivity index (χ4n) is 6.44. The minimum atomic E-state index is 0.813. The van der Waals surface area contributed by atoms with Gasteiger partial charge in [-0.25, -0.2) is 0 Å². The third-order valence-corrected chi connectivity index (χ3v) is 9.82. The standard InChI is InChI=1S/C41H25NOS/c1-2-16-39-35(11-1)37-15-6-13-33(41(37)44-39)31-10-4-9-30(24-31)29-8-3-7-28(23-29)26-17-19-27(20-18-26)32-12-5-14-36-34-21-22-42-25-38(34)43-40(32)36/h1-25H. The van der Waals surface area contributed by atoms with Crippen molar-refractivity contribution < 1.29 is 4.42 Å². The highest BCUT2D eigenvalue weighted by Crippen LogP contribution is 2.41. The molecule has 0 saturated heterocycles. The Labute approximate surface area is 258 Å². The largest absolute Gasteiger partial charge is 0.454 e. The average molecular weight is 580 g/mol. The van der Waals surface area contributed by atoms with Gasteiger partial charge >= 0.3 is 0 Å². The number of para-hydroxylation sites is 1. The van der Waals surface area contributed by atoms with Gasteiger partial charge in [0.05, 0.1) is 6.20 Å². The van der Waals surface area contributed by atoms with Gasteiger partial charge in [0.2, 0.25) is 0 Å². The molecule has 44 heavy (non-hydrogen) atoms. The zero-order valence-electron chi connectivity index (χ0n) is 23.7. The highest BCUT2D eigenvalue weighted by Gasteiger charge is 2.13.